The average molecular weight is 473 g/mol. The van der Waals surface area contributed by atoms with E-state index in [0.717, 1.165) is 11.3 Å². The molecular weight excluding hydrogens is 455 g/mol. The molecular formula is C21H17FN4O4S2. The van der Waals surface area contributed by atoms with Gasteiger partial charge >= 0.3 is 6.03 Å². The molecule has 0 saturated carbocycles. The Hall–Kier alpha value is -3.70. The number of para-hydroxylation sites is 1. The van der Waals surface area contributed by atoms with Crippen molar-refractivity contribution in [1.82, 2.24) is 4.98 Å². The van der Waals surface area contributed by atoms with Crippen molar-refractivity contribution in [2.45, 2.75) is 4.90 Å². The van der Waals surface area contributed by atoms with Crippen molar-refractivity contribution in [3.05, 3.63) is 72.5 Å². The number of halogens is 1. The smallest absolute Gasteiger partial charge is 0.323 e. The zero-order valence-electron chi connectivity index (χ0n) is 16.6. The Morgan fingerprint density at radius 1 is 1.03 bits per heavy atom. The fourth-order valence-corrected chi connectivity index (χ4v) is 5.07. The molecule has 0 bridgehead atoms. The molecule has 3 aromatic carbocycles. The first-order chi connectivity index (χ1) is 15.4. The number of thiazole rings is 1. The van der Waals surface area contributed by atoms with Gasteiger partial charge in [-0.05, 0) is 30.3 Å². The van der Waals surface area contributed by atoms with Gasteiger partial charge < -0.3 is 15.4 Å². The molecule has 1 heterocycles. The number of hydrogen-bond donors (Lipinski definition) is 3. The standard InChI is InChI=1S/C21H17FN4O4S2/c1-30-17-11-13(23-20(27)24-16-10-6-5-9-15(16)22)12-18-19(17)25-21(31-18)26-32(28,29)14-7-3-2-4-8-14/h2-12H,1H3,(H,25,26)(H2,23,24,27). The van der Waals surface area contributed by atoms with Crippen molar-refractivity contribution in [3.63, 3.8) is 0 Å². The minimum Gasteiger partial charge on any atom is -0.494 e. The second kappa shape index (κ2) is 8.81. The Bertz CT molecular complexity index is 1390. The molecule has 4 aromatic rings. The number of rotatable bonds is 6. The molecule has 1 aromatic heterocycles. The van der Waals surface area contributed by atoms with E-state index in [1.807, 2.05) is 0 Å². The predicted molar refractivity (Wildman–Crippen MR) is 122 cm³/mol. The van der Waals surface area contributed by atoms with Crippen LogP contribution in [0.4, 0.5) is 25.7 Å². The first-order valence-corrected chi connectivity index (χ1v) is 11.5. The summed E-state index contributed by atoms with van der Waals surface area (Å²) in [5.41, 5.74) is 0.834. The maximum atomic E-state index is 13.8. The quantitative estimate of drug-likeness (QED) is 0.370. The van der Waals surface area contributed by atoms with Crippen LogP contribution in [0.15, 0.2) is 71.6 Å². The van der Waals surface area contributed by atoms with Crippen LogP contribution in [-0.2, 0) is 10.0 Å². The van der Waals surface area contributed by atoms with Crippen LogP contribution >= 0.6 is 11.3 Å². The van der Waals surface area contributed by atoms with E-state index in [9.17, 15) is 17.6 Å². The Balaban J connectivity index is 1.58. The number of carbonyl (C=O) groups excluding carboxylic acids is 1. The highest BCUT2D eigenvalue weighted by Crippen LogP contribution is 2.36. The van der Waals surface area contributed by atoms with Gasteiger partial charge in [0.2, 0.25) is 0 Å². The lowest BCUT2D eigenvalue weighted by Gasteiger charge is -2.10. The molecule has 0 aliphatic carbocycles. The van der Waals surface area contributed by atoms with E-state index in [1.165, 1.54) is 37.4 Å². The molecule has 0 radical (unpaired) electrons. The van der Waals surface area contributed by atoms with E-state index in [-0.39, 0.29) is 15.7 Å². The first-order valence-electron chi connectivity index (χ1n) is 9.25. The number of hydrogen-bond acceptors (Lipinski definition) is 6. The van der Waals surface area contributed by atoms with Crippen molar-refractivity contribution in [1.29, 1.82) is 0 Å². The van der Waals surface area contributed by atoms with Gasteiger partial charge in [-0.1, -0.05) is 41.7 Å². The van der Waals surface area contributed by atoms with Crippen LogP contribution in [0.5, 0.6) is 5.75 Å². The van der Waals surface area contributed by atoms with Gasteiger partial charge in [0.25, 0.3) is 10.0 Å². The van der Waals surface area contributed by atoms with E-state index in [4.69, 9.17) is 4.74 Å². The number of amides is 2. The number of methoxy groups -OCH3 is 1. The van der Waals surface area contributed by atoms with Gasteiger partial charge in [0.1, 0.15) is 17.1 Å². The van der Waals surface area contributed by atoms with Crippen molar-refractivity contribution in [2.75, 3.05) is 22.5 Å². The van der Waals surface area contributed by atoms with E-state index in [1.54, 1.807) is 36.4 Å². The van der Waals surface area contributed by atoms with Crippen molar-refractivity contribution in [2.24, 2.45) is 0 Å². The summed E-state index contributed by atoms with van der Waals surface area (Å²) in [4.78, 5) is 16.7. The fraction of sp³-hybridized carbons (Fsp3) is 0.0476. The summed E-state index contributed by atoms with van der Waals surface area (Å²) in [6.07, 6.45) is 0. The Morgan fingerprint density at radius 2 is 1.75 bits per heavy atom. The van der Waals surface area contributed by atoms with Crippen LogP contribution < -0.4 is 20.1 Å². The number of aromatic nitrogens is 1. The van der Waals surface area contributed by atoms with Crippen LogP contribution in [0.1, 0.15) is 0 Å². The third-order valence-electron chi connectivity index (χ3n) is 4.33. The molecule has 8 nitrogen and oxygen atoms in total. The van der Waals surface area contributed by atoms with Gasteiger partial charge in [-0.3, -0.25) is 4.72 Å². The van der Waals surface area contributed by atoms with Crippen molar-refractivity contribution < 1.29 is 22.3 Å². The summed E-state index contributed by atoms with van der Waals surface area (Å²) in [5.74, 6) is -0.224. The summed E-state index contributed by atoms with van der Waals surface area (Å²) in [6, 6.07) is 16.2. The summed E-state index contributed by atoms with van der Waals surface area (Å²) >= 11 is 1.08. The zero-order chi connectivity index (χ0) is 22.7. The Labute approximate surface area is 187 Å². The SMILES string of the molecule is COc1cc(NC(=O)Nc2ccccc2F)cc2sc(NS(=O)(=O)c3ccccc3)nc12. The van der Waals surface area contributed by atoms with Gasteiger partial charge in [-0.2, -0.15) is 0 Å². The van der Waals surface area contributed by atoms with Crippen LogP contribution in [-0.4, -0.2) is 26.5 Å². The van der Waals surface area contributed by atoms with Crippen LogP contribution in [0.3, 0.4) is 0 Å². The highest BCUT2D eigenvalue weighted by Gasteiger charge is 2.18. The maximum Gasteiger partial charge on any atom is 0.323 e. The summed E-state index contributed by atoms with van der Waals surface area (Å²) in [7, 11) is -2.37. The second-order valence-corrected chi connectivity index (χ2v) is 9.23. The lowest BCUT2D eigenvalue weighted by molar-refractivity contribution is 0.262. The van der Waals surface area contributed by atoms with Crippen molar-refractivity contribution in [3.8, 4) is 5.75 Å². The Kier molecular flexibility index (Phi) is 5.93. The highest BCUT2D eigenvalue weighted by atomic mass is 32.2. The number of anilines is 3. The van der Waals surface area contributed by atoms with Gasteiger partial charge in [-0.25, -0.2) is 22.6 Å². The molecule has 2 amide bonds. The third kappa shape index (κ3) is 4.63. The number of nitrogens with zero attached hydrogens (tertiary/aromatic N) is 1. The van der Waals surface area contributed by atoms with Gasteiger partial charge in [-0.15, -0.1) is 0 Å². The lowest BCUT2D eigenvalue weighted by atomic mass is 10.2. The van der Waals surface area contributed by atoms with E-state index < -0.39 is 21.9 Å². The fourth-order valence-electron chi connectivity index (χ4n) is 2.89. The minimum atomic E-state index is -3.81. The summed E-state index contributed by atoms with van der Waals surface area (Å²) in [6.45, 7) is 0. The molecule has 4 rings (SSSR count). The lowest BCUT2D eigenvalue weighted by Crippen LogP contribution is -2.20. The van der Waals surface area contributed by atoms with Gasteiger partial charge in [0, 0.05) is 11.8 Å². The number of carbonyl (C=O) groups is 1. The van der Waals surface area contributed by atoms with Crippen LogP contribution in [0.25, 0.3) is 10.2 Å². The Morgan fingerprint density at radius 3 is 2.47 bits per heavy atom. The average Bonchev–Trinajstić information content (AvgIpc) is 3.17. The topological polar surface area (TPSA) is 109 Å². The monoisotopic (exact) mass is 472 g/mol. The second-order valence-electron chi connectivity index (χ2n) is 6.52. The number of nitrogens with one attached hydrogen (secondary N) is 3. The zero-order valence-corrected chi connectivity index (χ0v) is 18.3. The molecule has 0 aliphatic heterocycles. The summed E-state index contributed by atoms with van der Waals surface area (Å²) in [5, 5.41) is 5.19. The molecule has 0 spiro atoms. The highest BCUT2D eigenvalue weighted by molar-refractivity contribution is 7.93. The number of benzene rings is 3. The van der Waals surface area contributed by atoms with E-state index in [0.29, 0.717) is 21.7 Å². The summed E-state index contributed by atoms with van der Waals surface area (Å²) < 4.78 is 47.3. The molecule has 11 heteroatoms. The number of ether oxygens (including phenoxy) is 1. The molecule has 3 N–H and O–H groups in total. The molecule has 32 heavy (non-hydrogen) atoms. The van der Waals surface area contributed by atoms with Gasteiger partial charge in [0.05, 0.1) is 22.4 Å². The van der Waals surface area contributed by atoms with Gasteiger partial charge in [0.15, 0.2) is 5.13 Å². The molecule has 0 saturated heterocycles. The molecule has 0 atom stereocenters. The number of urea groups is 1. The van der Waals surface area contributed by atoms with E-state index in [2.05, 4.69) is 20.3 Å². The molecule has 0 unspecified atom stereocenters. The molecule has 164 valence electrons. The van der Waals surface area contributed by atoms with Crippen LogP contribution in [0.2, 0.25) is 0 Å². The maximum absolute atomic E-state index is 13.8. The first kappa shape index (κ1) is 21.5. The number of sulfonamides is 1. The predicted octanol–water partition coefficient (Wildman–Crippen LogP) is 4.89. The molecule has 0 aliphatic rings. The third-order valence-corrected chi connectivity index (χ3v) is 6.74. The largest absolute Gasteiger partial charge is 0.494 e. The normalized spacial score (nSPS) is 11.2. The molecule has 0 fully saturated rings. The van der Waals surface area contributed by atoms with Crippen molar-refractivity contribution >= 4 is 54.1 Å². The minimum absolute atomic E-state index is 0.0356. The van der Waals surface area contributed by atoms with Crippen LogP contribution in [0, 0.1) is 5.82 Å². The number of fused-ring (bicyclic) bond motifs is 1. The van der Waals surface area contributed by atoms with E-state index >= 15 is 0 Å².